The van der Waals surface area contributed by atoms with E-state index in [1.54, 1.807) is 23.7 Å². The predicted molar refractivity (Wildman–Crippen MR) is 157 cm³/mol. The molecule has 0 unspecified atom stereocenters. The molecule has 0 saturated carbocycles. The molecule has 0 spiro atoms. The van der Waals surface area contributed by atoms with Gasteiger partial charge in [-0.25, -0.2) is 18.9 Å². The quantitative estimate of drug-likeness (QED) is 0.223. The Morgan fingerprint density at radius 3 is 2.42 bits per heavy atom. The Bertz CT molecular complexity index is 1680. The van der Waals surface area contributed by atoms with Crippen LogP contribution < -0.4 is 0 Å². The zero-order valence-electron chi connectivity index (χ0n) is 21.7. The third kappa shape index (κ3) is 4.74. The zero-order chi connectivity index (χ0) is 27.8. The van der Waals surface area contributed by atoms with Gasteiger partial charge < -0.3 is 9.64 Å². The maximum Gasteiger partial charge on any atom is 0.338 e. The summed E-state index contributed by atoms with van der Waals surface area (Å²) < 4.78 is 21.3. The summed E-state index contributed by atoms with van der Waals surface area (Å²) in [5.41, 5.74) is 5.74. The first-order valence-corrected chi connectivity index (χ1v) is 14.0. The number of allylic oxidation sites excluding steroid dienone is 1. The summed E-state index contributed by atoms with van der Waals surface area (Å²) in [4.78, 5) is 20.4. The summed E-state index contributed by atoms with van der Waals surface area (Å²) >= 11 is 7.68. The number of benzene rings is 3. The van der Waals surface area contributed by atoms with Crippen molar-refractivity contribution >= 4 is 40.2 Å². The lowest BCUT2D eigenvalue weighted by atomic mass is 9.92. The average Bonchev–Trinajstić information content (AvgIpc) is 3.59. The number of aliphatic imine (C=N–C) groups is 1. The Balaban J connectivity index is 1.59. The normalized spacial score (nSPS) is 16.5. The van der Waals surface area contributed by atoms with E-state index in [1.165, 1.54) is 23.9 Å². The van der Waals surface area contributed by atoms with Crippen molar-refractivity contribution in [3.8, 4) is 16.9 Å². The van der Waals surface area contributed by atoms with Gasteiger partial charge in [-0.05, 0) is 67.9 Å². The topological polar surface area (TPSA) is 59.7 Å². The number of esters is 1. The van der Waals surface area contributed by atoms with E-state index in [-0.39, 0.29) is 12.4 Å². The number of nitrogens with zero attached hydrogens (tertiary/aromatic N) is 4. The number of halogens is 2. The van der Waals surface area contributed by atoms with E-state index >= 15 is 0 Å². The number of fused-ring (bicyclic) bond motifs is 1. The van der Waals surface area contributed by atoms with E-state index in [2.05, 4.69) is 0 Å². The van der Waals surface area contributed by atoms with Crippen LogP contribution in [0.15, 0.2) is 107 Å². The Kier molecular flexibility index (Phi) is 7.04. The van der Waals surface area contributed by atoms with Gasteiger partial charge in [-0.3, -0.25) is 0 Å². The predicted octanol–water partition coefficient (Wildman–Crippen LogP) is 7.63. The lowest BCUT2D eigenvalue weighted by Gasteiger charge is -2.36. The van der Waals surface area contributed by atoms with Crippen molar-refractivity contribution in [3.63, 3.8) is 0 Å². The van der Waals surface area contributed by atoms with Crippen LogP contribution in [0.25, 0.3) is 22.6 Å². The van der Waals surface area contributed by atoms with Crippen LogP contribution in [0.5, 0.6) is 0 Å². The number of hydrogen-bond acceptors (Lipinski definition) is 6. The van der Waals surface area contributed by atoms with Crippen molar-refractivity contribution in [1.29, 1.82) is 0 Å². The van der Waals surface area contributed by atoms with E-state index < -0.39 is 12.0 Å². The Hall–Kier alpha value is -4.14. The summed E-state index contributed by atoms with van der Waals surface area (Å²) in [7, 11) is 0. The van der Waals surface area contributed by atoms with Crippen LogP contribution in [-0.2, 0) is 9.53 Å². The number of carbonyl (C=O) groups excluding carboxylic acids is 1. The third-order valence-corrected chi connectivity index (χ3v) is 7.83. The molecule has 6 rings (SSSR count). The summed E-state index contributed by atoms with van der Waals surface area (Å²) in [5, 5.41) is 8.34. The number of carbonyl (C=O) groups is 1. The molecule has 0 fully saturated rings. The number of hydrogen-bond donors (Lipinski definition) is 0. The van der Waals surface area contributed by atoms with E-state index in [1.807, 2.05) is 78.0 Å². The van der Waals surface area contributed by atoms with E-state index in [9.17, 15) is 9.18 Å². The van der Waals surface area contributed by atoms with Crippen LogP contribution in [-0.4, -0.2) is 32.4 Å². The number of rotatable bonds is 6. The maximum atomic E-state index is 13.9. The Labute approximate surface area is 240 Å². The van der Waals surface area contributed by atoms with Crippen LogP contribution in [0, 0.1) is 5.82 Å². The first-order valence-electron chi connectivity index (χ1n) is 12.7. The lowest BCUT2D eigenvalue weighted by molar-refractivity contribution is -0.139. The molecule has 1 aromatic heterocycles. The van der Waals surface area contributed by atoms with Gasteiger partial charge >= 0.3 is 5.97 Å². The lowest BCUT2D eigenvalue weighted by Crippen LogP contribution is -2.36. The molecule has 40 heavy (non-hydrogen) atoms. The second kappa shape index (κ2) is 10.8. The molecule has 9 heteroatoms. The van der Waals surface area contributed by atoms with Gasteiger partial charge in [0.2, 0.25) is 0 Å². The Morgan fingerprint density at radius 2 is 1.73 bits per heavy atom. The Morgan fingerprint density at radius 1 is 1.02 bits per heavy atom. The number of ether oxygens (including phenoxy) is 1. The molecule has 0 radical (unpaired) electrons. The van der Waals surface area contributed by atoms with Crippen molar-refractivity contribution in [2.24, 2.45) is 4.99 Å². The van der Waals surface area contributed by atoms with Gasteiger partial charge in [0.05, 0.1) is 41.0 Å². The monoisotopic (exact) mass is 570 g/mol. The highest BCUT2D eigenvalue weighted by Crippen LogP contribution is 2.49. The molecule has 1 atom stereocenters. The van der Waals surface area contributed by atoms with Gasteiger partial charge in [0.15, 0.2) is 5.17 Å². The number of para-hydroxylation sites is 1. The van der Waals surface area contributed by atoms with Crippen molar-refractivity contribution in [2.75, 3.05) is 6.61 Å². The van der Waals surface area contributed by atoms with Gasteiger partial charge in [-0.2, -0.15) is 5.10 Å². The number of aromatic nitrogens is 2. The zero-order valence-corrected chi connectivity index (χ0v) is 23.3. The first kappa shape index (κ1) is 26.1. The van der Waals surface area contributed by atoms with E-state index in [0.717, 1.165) is 33.2 Å². The van der Waals surface area contributed by atoms with Gasteiger partial charge in [-0.1, -0.05) is 53.7 Å². The minimum absolute atomic E-state index is 0.224. The molecule has 2 aliphatic heterocycles. The van der Waals surface area contributed by atoms with Gasteiger partial charge in [0, 0.05) is 27.8 Å². The summed E-state index contributed by atoms with van der Waals surface area (Å²) in [6.45, 7) is 3.83. The maximum absolute atomic E-state index is 13.9. The smallest absolute Gasteiger partial charge is 0.338 e. The van der Waals surface area contributed by atoms with Gasteiger partial charge in [-0.15, -0.1) is 0 Å². The summed E-state index contributed by atoms with van der Waals surface area (Å²) in [6.07, 6.45) is 1.93. The molecule has 0 bridgehead atoms. The molecule has 3 heterocycles. The van der Waals surface area contributed by atoms with Crippen LogP contribution in [0.2, 0.25) is 5.02 Å². The van der Waals surface area contributed by atoms with E-state index in [0.29, 0.717) is 22.0 Å². The average molecular weight is 571 g/mol. The highest BCUT2D eigenvalue weighted by Gasteiger charge is 2.43. The molecule has 0 amide bonds. The van der Waals surface area contributed by atoms with Crippen molar-refractivity contribution in [1.82, 2.24) is 14.7 Å². The second-order valence-corrected chi connectivity index (χ2v) is 10.5. The molecule has 2 aliphatic rings. The largest absolute Gasteiger partial charge is 0.463 e. The summed E-state index contributed by atoms with van der Waals surface area (Å²) in [5.74, 6) is -0.788. The van der Waals surface area contributed by atoms with Crippen molar-refractivity contribution in [3.05, 3.63) is 124 Å². The molecule has 3 aromatic carbocycles. The van der Waals surface area contributed by atoms with Gasteiger partial charge in [0.1, 0.15) is 5.82 Å². The van der Waals surface area contributed by atoms with Gasteiger partial charge in [0.25, 0.3) is 0 Å². The second-order valence-electron chi connectivity index (χ2n) is 9.23. The van der Waals surface area contributed by atoms with Crippen LogP contribution >= 0.6 is 23.4 Å². The molecule has 200 valence electrons. The third-order valence-electron chi connectivity index (χ3n) is 6.74. The van der Waals surface area contributed by atoms with Crippen LogP contribution in [0.4, 0.5) is 4.39 Å². The SMILES string of the molecule is CCOC(=O)C1=C(C)N=C2SC=C(c3ccc(Cl)cc3)N2[C@H]1c1cn(-c2ccccc2)nc1-c1ccc(F)cc1. The molecule has 0 saturated heterocycles. The minimum Gasteiger partial charge on any atom is -0.463 e. The molecular formula is C31H24ClFN4O2S. The number of amidine groups is 1. The van der Waals surface area contributed by atoms with Crippen molar-refractivity contribution < 1.29 is 13.9 Å². The highest BCUT2D eigenvalue weighted by atomic mass is 35.5. The first-order chi connectivity index (χ1) is 19.4. The van der Waals surface area contributed by atoms with Crippen molar-refractivity contribution in [2.45, 2.75) is 19.9 Å². The van der Waals surface area contributed by atoms with Crippen LogP contribution in [0.1, 0.15) is 31.0 Å². The molecule has 4 aromatic rings. The molecule has 0 N–H and O–H groups in total. The highest BCUT2D eigenvalue weighted by molar-refractivity contribution is 8.16. The fourth-order valence-electron chi connectivity index (χ4n) is 4.91. The fraction of sp³-hybridized carbons (Fsp3) is 0.129. The molecular weight excluding hydrogens is 547 g/mol. The standard InChI is InChI=1S/C31H24ClFN4O2S/c1-3-39-30(38)27-19(2)34-31-37(26(18-40-31)20-9-13-22(32)14-10-20)29(27)25-17-36(24-7-5-4-6-8-24)35-28(25)21-11-15-23(33)16-12-21/h4-18,29H,3H2,1-2H3/t29-/m0/s1. The minimum atomic E-state index is -0.610. The summed E-state index contributed by atoms with van der Waals surface area (Å²) in [6, 6.07) is 22.9. The molecule has 6 nitrogen and oxygen atoms in total. The fourth-order valence-corrected chi connectivity index (χ4v) is 6.01. The van der Waals surface area contributed by atoms with E-state index in [4.69, 9.17) is 26.4 Å². The molecule has 0 aliphatic carbocycles. The number of thioether (sulfide) groups is 1. The van der Waals surface area contributed by atoms with Crippen LogP contribution in [0.3, 0.4) is 0 Å².